The summed E-state index contributed by atoms with van der Waals surface area (Å²) in [7, 11) is 0. The first-order valence-electron chi connectivity index (χ1n) is 8.87. The number of carbonyl (C=O) groups excluding carboxylic acids is 1. The molecule has 6 nitrogen and oxygen atoms in total. The van der Waals surface area contributed by atoms with Crippen molar-refractivity contribution in [2.45, 2.75) is 38.0 Å². The highest BCUT2D eigenvalue weighted by Gasteiger charge is 2.53. The number of ether oxygens (including phenoxy) is 1. The summed E-state index contributed by atoms with van der Waals surface area (Å²) in [5.41, 5.74) is 0.358. The summed E-state index contributed by atoms with van der Waals surface area (Å²) in [4.78, 5) is 24.5. The molecule has 1 aromatic rings. The molecule has 1 saturated heterocycles. The molecular formula is C18H21F3N2O4. The summed E-state index contributed by atoms with van der Waals surface area (Å²) >= 11 is 0. The van der Waals surface area contributed by atoms with Gasteiger partial charge in [-0.1, -0.05) is 12.1 Å². The van der Waals surface area contributed by atoms with Crippen LogP contribution >= 0.6 is 0 Å². The number of carboxylic acids is 1. The van der Waals surface area contributed by atoms with Gasteiger partial charge < -0.3 is 20.1 Å². The standard InChI is InChI=1S/C18H21F3N2O4/c19-18(20,21)13-10-23(9-12(13)16(24)25)17(26)22-14-7-3-4-8-15(14)27-11-5-1-2-6-11/h3-4,7-8,11-13H,1-2,5-6,9-10H2,(H,22,26)(H,24,25)/t12-,13-/m1/s1. The van der Waals surface area contributed by atoms with Crippen molar-refractivity contribution < 1.29 is 32.6 Å². The Morgan fingerprint density at radius 1 is 1.15 bits per heavy atom. The molecule has 2 amide bonds. The van der Waals surface area contributed by atoms with Crippen LogP contribution in [0, 0.1) is 11.8 Å². The SMILES string of the molecule is O=C(O)[C@@H]1CN(C(=O)Nc2ccccc2OC2CCCC2)C[C@H]1C(F)(F)F. The van der Waals surface area contributed by atoms with Crippen LogP contribution in [0.3, 0.4) is 0 Å². The molecule has 1 saturated carbocycles. The van der Waals surface area contributed by atoms with Crippen LogP contribution in [0.25, 0.3) is 0 Å². The second-order valence-corrected chi connectivity index (χ2v) is 6.95. The fourth-order valence-corrected chi connectivity index (χ4v) is 3.60. The number of benzene rings is 1. The zero-order valence-electron chi connectivity index (χ0n) is 14.5. The van der Waals surface area contributed by atoms with Gasteiger partial charge in [0, 0.05) is 13.1 Å². The molecule has 2 atom stereocenters. The van der Waals surface area contributed by atoms with Crippen LogP contribution < -0.4 is 10.1 Å². The maximum absolute atomic E-state index is 13.1. The van der Waals surface area contributed by atoms with Gasteiger partial charge in [-0.25, -0.2) is 4.79 Å². The first-order valence-corrected chi connectivity index (χ1v) is 8.87. The third-order valence-electron chi connectivity index (χ3n) is 5.07. The number of hydrogen-bond donors (Lipinski definition) is 2. The molecule has 1 aromatic carbocycles. The molecule has 3 rings (SSSR count). The number of halogens is 3. The Balaban J connectivity index is 1.69. The molecule has 0 spiro atoms. The van der Waals surface area contributed by atoms with Crippen LogP contribution in [0.1, 0.15) is 25.7 Å². The fraction of sp³-hybridized carbons (Fsp3) is 0.556. The van der Waals surface area contributed by atoms with Crippen molar-refractivity contribution in [1.29, 1.82) is 0 Å². The van der Waals surface area contributed by atoms with Crippen molar-refractivity contribution >= 4 is 17.7 Å². The summed E-state index contributed by atoms with van der Waals surface area (Å²) in [6.07, 6.45) is -0.642. The van der Waals surface area contributed by atoms with Crippen molar-refractivity contribution in [2.24, 2.45) is 11.8 Å². The average molecular weight is 386 g/mol. The minimum absolute atomic E-state index is 0.0563. The Hall–Kier alpha value is -2.45. The maximum Gasteiger partial charge on any atom is 0.394 e. The average Bonchev–Trinajstić information content (AvgIpc) is 3.25. The number of aliphatic carboxylic acids is 1. The highest BCUT2D eigenvalue weighted by Crippen LogP contribution is 2.38. The van der Waals surface area contributed by atoms with Crippen molar-refractivity contribution in [2.75, 3.05) is 18.4 Å². The van der Waals surface area contributed by atoms with Crippen LogP contribution in [0.2, 0.25) is 0 Å². The van der Waals surface area contributed by atoms with Crippen LogP contribution in [0.5, 0.6) is 5.75 Å². The molecule has 9 heteroatoms. The minimum atomic E-state index is -4.68. The van der Waals surface area contributed by atoms with Crippen LogP contribution in [0.4, 0.5) is 23.7 Å². The third-order valence-corrected chi connectivity index (χ3v) is 5.07. The van der Waals surface area contributed by atoms with E-state index < -0.39 is 43.1 Å². The predicted octanol–water partition coefficient (Wildman–Crippen LogP) is 3.73. The lowest BCUT2D eigenvalue weighted by atomic mass is 9.96. The number of amides is 2. The van der Waals surface area contributed by atoms with Crippen molar-refractivity contribution in [3.63, 3.8) is 0 Å². The van der Waals surface area contributed by atoms with Gasteiger partial charge in [0.1, 0.15) is 5.75 Å². The quantitative estimate of drug-likeness (QED) is 0.826. The molecule has 148 valence electrons. The van der Waals surface area contributed by atoms with Crippen molar-refractivity contribution in [3.05, 3.63) is 24.3 Å². The van der Waals surface area contributed by atoms with Gasteiger partial charge >= 0.3 is 18.2 Å². The van der Waals surface area contributed by atoms with E-state index in [-0.39, 0.29) is 6.10 Å². The molecule has 1 aliphatic heterocycles. The molecule has 1 aliphatic carbocycles. The number of hydrogen-bond acceptors (Lipinski definition) is 3. The zero-order chi connectivity index (χ0) is 19.6. The normalized spacial score (nSPS) is 23.4. The molecule has 1 heterocycles. The number of rotatable bonds is 4. The van der Waals surface area contributed by atoms with Gasteiger partial charge in [-0.05, 0) is 37.8 Å². The number of alkyl halides is 3. The van der Waals surface area contributed by atoms with Gasteiger partial charge in [0.05, 0.1) is 23.6 Å². The largest absolute Gasteiger partial charge is 0.488 e. The summed E-state index contributed by atoms with van der Waals surface area (Å²) < 4.78 is 45.2. The van der Waals surface area contributed by atoms with Crippen LogP contribution in [0.15, 0.2) is 24.3 Å². The van der Waals surface area contributed by atoms with Gasteiger partial charge in [0.15, 0.2) is 0 Å². The number of carbonyl (C=O) groups is 2. The monoisotopic (exact) mass is 386 g/mol. The van der Waals surface area contributed by atoms with E-state index in [1.54, 1.807) is 24.3 Å². The Bertz CT molecular complexity index is 704. The smallest absolute Gasteiger partial charge is 0.394 e. The summed E-state index contributed by atoms with van der Waals surface area (Å²) in [6.45, 7) is -1.17. The maximum atomic E-state index is 13.1. The number of anilines is 1. The minimum Gasteiger partial charge on any atom is -0.488 e. The van der Waals surface area contributed by atoms with E-state index in [2.05, 4.69) is 5.32 Å². The lowest BCUT2D eigenvalue weighted by Crippen LogP contribution is -2.35. The Kier molecular flexibility index (Phi) is 5.48. The molecular weight excluding hydrogens is 365 g/mol. The van der Waals surface area contributed by atoms with Gasteiger partial charge in [0.25, 0.3) is 0 Å². The van der Waals surface area contributed by atoms with Crippen molar-refractivity contribution in [3.8, 4) is 5.75 Å². The van der Waals surface area contributed by atoms with Gasteiger partial charge in [-0.3, -0.25) is 4.79 Å². The van der Waals surface area contributed by atoms with E-state index in [4.69, 9.17) is 9.84 Å². The van der Waals surface area contributed by atoms with Gasteiger partial charge in [0.2, 0.25) is 0 Å². The lowest BCUT2D eigenvalue weighted by Gasteiger charge is -2.21. The summed E-state index contributed by atoms with van der Waals surface area (Å²) in [6, 6.07) is 5.95. The first kappa shape index (κ1) is 19.3. The highest BCUT2D eigenvalue weighted by atomic mass is 19.4. The molecule has 0 aromatic heterocycles. The Morgan fingerprint density at radius 2 is 1.81 bits per heavy atom. The van der Waals surface area contributed by atoms with Crippen LogP contribution in [-0.4, -0.2) is 47.4 Å². The molecule has 2 aliphatic rings. The Labute approximate surface area is 154 Å². The summed E-state index contributed by atoms with van der Waals surface area (Å²) in [5.74, 6) is -4.84. The van der Waals surface area contributed by atoms with Gasteiger partial charge in [-0.2, -0.15) is 13.2 Å². The zero-order valence-corrected chi connectivity index (χ0v) is 14.5. The fourth-order valence-electron chi connectivity index (χ4n) is 3.60. The number of para-hydroxylation sites is 2. The highest BCUT2D eigenvalue weighted by molar-refractivity contribution is 5.91. The molecule has 27 heavy (non-hydrogen) atoms. The number of carboxylic acid groups (broad SMARTS) is 1. The third kappa shape index (κ3) is 4.45. The molecule has 0 radical (unpaired) electrons. The Morgan fingerprint density at radius 3 is 2.41 bits per heavy atom. The number of likely N-dealkylation sites (tertiary alicyclic amines) is 1. The van der Waals surface area contributed by atoms with E-state index in [0.29, 0.717) is 11.4 Å². The molecule has 0 bridgehead atoms. The first-order chi connectivity index (χ1) is 12.8. The van der Waals surface area contributed by atoms with E-state index in [1.165, 1.54) is 0 Å². The van der Waals surface area contributed by atoms with E-state index >= 15 is 0 Å². The van der Waals surface area contributed by atoms with E-state index in [1.807, 2.05) is 0 Å². The van der Waals surface area contributed by atoms with E-state index in [9.17, 15) is 22.8 Å². The van der Waals surface area contributed by atoms with E-state index in [0.717, 1.165) is 30.6 Å². The molecule has 2 N–H and O–H groups in total. The molecule has 2 fully saturated rings. The topological polar surface area (TPSA) is 78.9 Å². The number of urea groups is 1. The van der Waals surface area contributed by atoms with Crippen molar-refractivity contribution in [1.82, 2.24) is 4.90 Å². The lowest BCUT2D eigenvalue weighted by molar-refractivity contribution is -0.187. The number of nitrogens with one attached hydrogen (secondary N) is 1. The second-order valence-electron chi connectivity index (χ2n) is 6.95. The summed E-state index contributed by atoms with van der Waals surface area (Å²) in [5, 5.41) is 11.6. The second kappa shape index (κ2) is 7.66. The van der Waals surface area contributed by atoms with Crippen LogP contribution in [-0.2, 0) is 4.79 Å². The predicted molar refractivity (Wildman–Crippen MR) is 90.6 cm³/mol. The molecule has 0 unspecified atom stereocenters. The number of nitrogens with zero attached hydrogens (tertiary/aromatic N) is 1. The van der Waals surface area contributed by atoms with Gasteiger partial charge in [-0.15, -0.1) is 0 Å².